The standard InChI is InChI=1S/C4H8O2.ClH.H2/c1-2-4-6-5-3-1;;/h1-4H2;2*1H/i;;1+1. The van der Waals surface area contributed by atoms with Crippen molar-refractivity contribution in [2.45, 2.75) is 12.8 Å². The van der Waals surface area contributed by atoms with Gasteiger partial charge in [-0.05, 0) is 12.8 Å². The Bertz CT molecular complexity index is 29.5. The van der Waals surface area contributed by atoms with Crippen molar-refractivity contribution in [2.75, 3.05) is 13.2 Å². The van der Waals surface area contributed by atoms with Crippen LogP contribution in [0.4, 0.5) is 0 Å². The summed E-state index contributed by atoms with van der Waals surface area (Å²) in [5, 5.41) is 0. The topological polar surface area (TPSA) is 18.5 Å². The van der Waals surface area contributed by atoms with Gasteiger partial charge < -0.3 is 0 Å². The third-order valence-electron chi connectivity index (χ3n) is 0.789. The fraction of sp³-hybridized carbons (Fsp3) is 1.00. The summed E-state index contributed by atoms with van der Waals surface area (Å²) < 4.78 is 0. The van der Waals surface area contributed by atoms with E-state index in [0.29, 0.717) is 0 Å². The highest BCUT2D eigenvalue weighted by Gasteiger charge is 1.95. The van der Waals surface area contributed by atoms with Gasteiger partial charge in [-0.25, -0.2) is 9.78 Å². The van der Waals surface area contributed by atoms with Gasteiger partial charge in [0.25, 0.3) is 0 Å². The lowest BCUT2D eigenvalue weighted by molar-refractivity contribution is -0.312. The molecule has 1 aliphatic heterocycles. The molecule has 0 amide bonds. The Labute approximate surface area is 50.6 Å². The summed E-state index contributed by atoms with van der Waals surface area (Å²) in [6, 6.07) is 0. The Morgan fingerprint density at radius 3 is 1.57 bits per heavy atom. The van der Waals surface area contributed by atoms with Gasteiger partial charge in [0.05, 0.1) is 13.2 Å². The van der Waals surface area contributed by atoms with E-state index in [0.717, 1.165) is 26.1 Å². The molecule has 0 saturated carbocycles. The molecule has 0 aromatic heterocycles. The molecule has 0 bridgehead atoms. The van der Waals surface area contributed by atoms with Crippen LogP contribution >= 0.6 is 12.4 Å². The molecule has 0 aromatic carbocycles. The summed E-state index contributed by atoms with van der Waals surface area (Å²) in [6.07, 6.45) is 2.31. The molecule has 1 heterocycles. The molecule has 0 atom stereocenters. The van der Waals surface area contributed by atoms with Crippen LogP contribution in [0.2, 0.25) is 0 Å². The normalized spacial score (nSPS) is 20.6. The molecule has 0 N–H and O–H groups in total. The number of hydrogen-bond donors (Lipinski definition) is 0. The highest BCUT2D eigenvalue weighted by atomic mass is 35.5. The van der Waals surface area contributed by atoms with Crippen molar-refractivity contribution in [3.8, 4) is 0 Å². The summed E-state index contributed by atoms with van der Waals surface area (Å²) in [5.74, 6) is 0. The molecule has 0 radical (unpaired) electrons. The van der Waals surface area contributed by atoms with Crippen LogP contribution in [0.5, 0.6) is 0 Å². The van der Waals surface area contributed by atoms with Crippen LogP contribution in [0.25, 0.3) is 0 Å². The predicted molar refractivity (Wildman–Crippen MR) is 30.5 cm³/mol. The Kier molecular flexibility index (Phi) is 4.50. The van der Waals surface area contributed by atoms with E-state index in [-0.39, 0.29) is 13.8 Å². The second kappa shape index (κ2) is 4.37. The van der Waals surface area contributed by atoms with E-state index in [1.165, 1.54) is 0 Å². The molecule has 0 unspecified atom stereocenters. The van der Waals surface area contributed by atoms with Gasteiger partial charge in [0.15, 0.2) is 0 Å². The number of rotatable bonds is 0. The molecule has 46 valence electrons. The maximum atomic E-state index is 4.57. The van der Waals surface area contributed by atoms with Gasteiger partial charge in [-0.3, -0.25) is 0 Å². The molecule has 2 nitrogen and oxygen atoms in total. The van der Waals surface area contributed by atoms with Crippen LogP contribution in [-0.4, -0.2) is 13.2 Å². The van der Waals surface area contributed by atoms with Crippen molar-refractivity contribution < 1.29 is 11.2 Å². The van der Waals surface area contributed by atoms with E-state index < -0.39 is 0 Å². The van der Waals surface area contributed by atoms with Crippen molar-refractivity contribution in [3.63, 3.8) is 0 Å². The molecule has 1 aliphatic rings. The molecular formula is C4H11ClO2. The molecule has 1 rings (SSSR count). The summed E-state index contributed by atoms with van der Waals surface area (Å²) in [7, 11) is 0. The zero-order chi connectivity index (χ0) is 4.24. The fourth-order valence-corrected chi connectivity index (χ4v) is 0.440. The van der Waals surface area contributed by atoms with E-state index in [1.54, 1.807) is 0 Å². The molecular weight excluding hydrogens is 115 g/mol. The van der Waals surface area contributed by atoms with Crippen molar-refractivity contribution >= 4 is 12.4 Å². The van der Waals surface area contributed by atoms with E-state index in [1.807, 2.05) is 0 Å². The third kappa shape index (κ3) is 2.85. The number of halogens is 1. The Hall–Kier alpha value is 0.210. The summed E-state index contributed by atoms with van der Waals surface area (Å²) in [4.78, 5) is 9.14. The van der Waals surface area contributed by atoms with Crippen molar-refractivity contribution in [2.24, 2.45) is 0 Å². The third-order valence-corrected chi connectivity index (χ3v) is 0.789. The molecule has 0 aromatic rings. The predicted octanol–water partition coefficient (Wildman–Crippen LogP) is 1.40. The largest absolute Gasteiger partial charge is 0.237 e. The van der Waals surface area contributed by atoms with E-state index in [4.69, 9.17) is 0 Å². The van der Waals surface area contributed by atoms with Gasteiger partial charge in [0.1, 0.15) is 0 Å². The van der Waals surface area contributed by atoms with E-state index in [2.05, 4.69) is 9.78 Å². The Morgan fingerprint density at radius 2 is 1.43 bits per heavy atom. The van der Waals surface area contributed by atoms with Crippen molar-refractivity contribution in [1.29, 1.82) is 0 Å². The first-order chi connectivity index (χ1) is 3.00. The zero-order valence-corrected chi connectivity index (χ0v) is 4.87. The van der Waals surface area contributed by atoms with Crippen LogP contribution in [0, 0.1) is 0 Å². The maximum absolute atomic E-state index is 4.57. The van der Waals surface area contributed by atoms with Crippen LogP contribution in [-0.2, 0) is 9.78 Å². The van der Waals surface area contributed by atoms with Crippen LogP contribution < -0.4 is 0 Å². The quantitative estimate of drug-likeness (QED) is 0.458. The van der Waals surface area contributed by atoms with E-state index >= 15 is 0 Å². The molecule has 0 spiro atoms. The van der Waals surface area contributed by atoms with Gasteiger partial charge in [0, 0.05) is 1.43 Å². The highest BCUT2D eigenvalue weighted by Crippen LogP contribution is 1.97. The Balaban J connectivity index is 0. The first-order valence-corrected chi connectivity index (χ1v) is 2.24. The smallest absolute Gasteiger partial charge is 0.0823 e. The van der Waals surface area contributed by atoms with Crippen LogP contribution in [0.3, 0.4) is 0 Å². The summed E-state index contributed by atoms with van der Waals surface area (Å²) in [5.41, 5.74) is 0. The molecule has 3 heteroatoms. The molecule has 0 aliphatic carbocycles. The van der Waals surface area contributed by atoms with Gasteiger partial charge >= 0.3 is 0 Å². The van der Waals surface area contributed by atoms with Gasteiger partial charge in [-0.2, -0.15) is 0 Å². The van der Waals surface area contributed by atoms with Gasteiger partial charge in [-0.15, -0.1) is 12.4 Å². The highest BCUT2D eigenvalue weighted by molar-refractivity contribution is 5.85. The fourth-order valence-electron chi connectivity index (χ4n) is 0.440. The van der Waals surface area contributed by atoms with Crippen LogP contribution in [0.1, 0.15) is 14.3 Å². The number of hydrogen-bond acceptors (Lipinski definition) is 2. The lowest BCUT2D eigenvalue weighted by Gasteiger charge is -2.07. The van der Waals surface area contributed by atoms with Crippen molar-refractivity contribution in [3.05, 3.63) is 0 Å². The SMILES string of the molecule is C1CCOOC1.Cl.[2HH]. The zero-order valence-electron chi connectivity index (χ0n) is 4.05. The van der Waals surface area contributed by atoms with Gasteiger partial charge in [0.2, 0.25) is 0 Å². The minimum absolute atomic E-state index is 0. The molecule has 7 heavy (non-hydrogen) atoms. The summed E-state index contributed by atoms with van der Waals surface area (Å²) in [6.45, 7) is 1.56. The average Bonchev–Trinajstić information content (AvgIpc) is 1.72. The first-order valence-electron chi connectivity index (χ1n) is 2.24. The average molecular weight is 128 g/mol. The van der Waals surface area contributed by atoms with E-state index in [9.17, 15) is 0 Å². The van der Waals surface area contributed by atoms with Gasteiger partial charge in [-0.1, -0.05) is 0 Å². The van der Waals surface area contributed by atoms with Crippen molar-refractivity contribution in [1.82, 2.24) is 0 Å². The monoisotopic (exact) mass is 127 g/mol. The minimum atomic E-state index is 0. The second-order valence-electron chi connectivity index (χ2n) is 1.35. The first kappa shape index (κ1) is 7.21. The lowest BCUT2D eigenvalue weighted by Crippen LogP contribution is -2.05. The lowest BCUT2D eigenvalue weighted by atomic mass is 10.3. The maximum Gasteiger partial charge on any atom is 0.0823 e. The molecule has 1 saturated heterocycles. The Morgan fingerprint density at radius 1 is 1.00 bits per heavy atom. The second-order valence-corrected chi connectivity index (χ2v) is 1.35. The molecule has 1 fully saturated rings. The summed E-state index contributed by atoms with van der Waals surface area (Å²) >= 11 is 0. The minimum Gasteiger partial charge on any atom is -0.237 e. The van der Waals surface area contributed by atoms with Crippen LogP contribution in [0.15, 0.2) is 0 Å².